The minimum Gasteiger partial charge on any atom is -0.510 e. The van der Waals surface area contributed by atoms with E-state index in [1.54, 1.807) is 29.2 Å². The number of H-pyrrole nitrogens is 1. The fourth-order valence-corrected chi connectivity index (χ4v) is 3.28. The van der Waals surface area contributed by atoms with Crippen LogP contribution in [-0.2, 0) is 4.74 Å². The van der Waals surface area contributed by atoms with Crippen LogP contribution in [0.1, 0.15) is 18.7 Å². The van der Waals surface area contributed by atoms with Crippen molar-refractivity contribution in [3.8, 4) is 0 Å². The van der Waals surface area contributed by atoms with Gasteiger partial charge in [0.15, 0.2) is 0 Å². The van der Waals surface area contributed by atoms with Crippen LogP contribution in [-0.4, -0.2) is 51.6 Å². The molecule has 0 aliphatic carbocycles. The summed E-state index contributed by atoms with van der Waals surface area (Å²) >= 11 is 0. The average Bonchev–Trinajstić information content (AvgIpc) is 3.16. The van der Waals surface area contributed by atoms with Crippen molar-refractivity contribution >= 4 is 22.3 Å². The Morgan fingerprint density at radius 3 is 3.04 bits per heavy atom. The maximum Gasteiger partial charge on any atom is 0.259 e. The van der Waals surface area contributed by atoms with Gasteiger partial charge in [-0.3, -0.25) is 10.2 Å². The lowest BCUT2D eigenvalue weighted by Gasteiger charge is -2.22. The first kappa shape index (κ1) is 14.9. The summed E-state index contributed by atoms with van der Waals surface area (Å²) in [6, 6.07) is 7.02. The van der Waals surface area contributed by atoms with Crippen LogP contribution in [0, 0.1) is 5.41 Å². The topological polar surface area (TPSA) is 102 Å². The summed E-state index contributed by atoms with van der Waals surface area (Å²) in [5.74, 6) is 0.453. The third-order valence-corrected chi connectivity index (χ3v) is 4.48. The number of ether oxygens (including phenoxy) is 1. The lowest BCUT2D eigenvalue weighted by atomic mass is 10.2. The number of aromatic amines is 1. The second-order valence-corrected chi connectivity index (χ2v) is 6.12. The lowest BCUT2D eigenvalue weighted by Crippen LogP contribution is -2.34. The number of nitrogens with zero attached hydrogens (tertiary/aromatic N) is 2. The quantitative estimate of drug-likeness (QED) is 0.796. The molecule has 3 N–H and O–H groups in total. The molecule has 0 saturated carbocycles. The number of hydrogen-bond acceptors (Lipinski definition) is 5. The molecule has 1 saturated heterocycles. The normalized spacial score (nSPS) is 21.2. The Morgan fingerprint density at radius 2 is 2.25 bits per heavy atom. The van der Waals surface area contributed by atoms with E-state index < -0.39 is 0 Å². The molecule has 3 heterocycles. The van der Waals surface area contributed by atoms with Crippen molar-refractivity contribution < 1.29 is 9.84 Å². The van der Waals surface area contributed by atoms with E-state index in [-0.39, 0.29) is 41.2 Å². The van der Waals surface area contributed by atoms with Gasteiger partial charge in [-0.25, -0.2) is 4.98 Å². The van der Waals surface area contributed by atoms with Crippen LogP contribution in [0.2, 0.25) is 0 Å². The van der Waals surface area contributed by atoms with E-state index in [9.17, 15) is 9.90 Å². The summed E-state index contributed by atoms with van der Waals surface area (Å²) in [5.41, 5.74) is 0.555. The Bertz CT molecular complexity index is 896. The van der Waals surface area contributed by atoms with Gasteiger partial charge < -0.3 is 19.7 Å². The summed E-state index contributed by atoms with van der Waals surface area (Å²) in [5, 5.41) is 19.2. The van der Waals surface area contributed by atoms with Gasteiger partial charge in [0, 0.05) is 13.2 Å². The first-order chi connectivity index (χ1) is 11.6. The second-order valence-electron chi connectivity index (χ2n) is 6.12. The highest BCUT2D eigenvalue weighted by Gasteiger charge is 2.32. The number of rotatable bonds is 3. The van der Waals surface area contributed by atoms with Crippen LogP contribution < -0.4 is 5.56 Å². The number of hydrogen-bond donors (Lipinski definition) is 3. The van der Waals surface area contributed by atoms with Crippen LogP contribution in [0.4, 0.5) is 0 Å². The molecule has 1 unspecified atom stereocenters. The molecule has 2 aliphatic rings. The Morgan fingerprint density at radius 1 is 1.42 bits per heavy atom. The Labute approximate surface area is 138 Å². The third-order valence-electron chi connectivity index (χ3n) is 4.48. The molecule has 1 aromatic heterocycles. The molecular weight excluding hydrogens is 308 g/mol. The standard InChI is InChI=1S/C17H18N4O3/c18-15-14(13(22)9-21(15)8-10-4-3-7-24-10)16-19-12-6-2-1-5-11(12)17(23)20-16/h1-2,5-6,10,18,22H,3-4,7-9H2,(H,19,20,23). The summed E-state index contributed by atoms with van der Waals surface area (Å²) in [4.78, 5) is 21.1. The van der Waals surface area contributed by atoms with Gasteiger partial charge in [-0.15, -0.1) is 0 Å². The van der Waals surface area contributed by atoms with E-state index in [2.05, 4.69) is 9.97 Å². The molecule has 1 atom stereocenters. The molecule has 0 spiro atoms. The van der Waals surface area contributed by atoms with E-state index in [4.69, 9.17) is 10.1 Å². The third kappa shape index (κ3) is 2.46. The number of nitrogens with one attached hydrogen (secondary N) is 2. The van der Waals surface area contributed by atoms with Crippen molar-refractivity contribution in [3.63, 3.8) is 0 Å². The SMILES string of the molecule is N=C1C(c2nc3ccccc3c(=O)[nH]2)=C(O)CN1CC1CCCO1. The van der Waals surface area contributed by atoms with Crippen molar-refractivity contribution in [2.24, 2.45) is 0 Å². The predicted octanol–water partition coefficient (Wildman–Crippen LogP) is 1.66. The fraction of sp³-hybridized carbons (Fsp3) is 0.353. The van der Waals surface area contributed by atoms with Gasteiger partial charge in [-0.05, 0) is 25.0 Å². The van der Waals surface area contributed by atoms with E-state index in [1.165, 1.54) is 0 Å². The van der Waals surface area contributed by atoms with Gasteiger partial charge in [0.2, 0.25) is 0 Å². The number of fused-ring (bicyclic) bond motifs is 1. The van der Waals surface area contributed by atoms with E-state index in [0.29, 0.717) is 17.4 Å². The molecular formula is C17H18N4O3. The van der Waals surface area contributed by atoms with Crippen LogP contribution in [0.25, 0.3) is 16.5 Å². The monoisotopic (exact) mass is 326 g/mol. The summed E-state index contributed by atoms with van der Waals surface area (Å²) in [6.07, 6.45) is 2.07. The number of amidine groups is 1. The van der Waals surface area contributed by atoms with Crippen LogP contribution >= 0.6 is 0 Å². The minimum absolute atomic E-state index is 0.0522. The van der Waals surface area contributed by atoms with Gasteiger partial charge in [0.25, 0.3) is 5.56 Å². The van der Waals surface area contributed by atoms with E-state index in [1.807, 2.05) is 0 Å². The van der Waals surface area contributed by atoms with Crippen LogP contribution in [0.3, 0.4) is 0 Å². The van der Waals surface area contributed by atoms with Gasteiger partial charge in [-0.1, -0.05) is 12.1 Å². The predicted molar refractivity (Wildman–Crippen MR) is 90.2 cm³/mol. The van der Waals surface area contributed by atoms with Gasteiger partial charge >= 0.3 is 0 Å². The molecule has 24 heavy (non-hydrogen) atoms. The van der Waals surface area contributed by atoms with Crippen molar-refractivity contribution in [1.82, 2.24) is 14.9 Å². The maximum absolute atomic E-state index is 12.2. The Kier molecular flexibility index (Phi) is 3.57. The molecule has 0 bridgehead atoms. The highest BCUT2D eigenvalue weighted by atomic mass is 16.5. The molecule has 1 fully saturated rings. The summed E-state index contributed by atoms with van der Waals surface area (Å²) < 4.78 is 5.60. The highest BCUT2D eigenvalue weighted by molar-refractivity contribution is 6.22. The number of aliphatic hydroxyl groups excluding tert-OH is 1. The molecule has 1 aromatic carbocycles. The first-order valence-electron chi connectivity index (χ1n) is 8.00. The zero-order chi connectivity index (χ0) is 16.7. The molecule has 0 radical (unpaired) electrons. The minimum atomic E-state index is -0.277. The zero-order valence-corrected chi connectivity index (χ0v) is 13.1. The van der Waals surface area contributed by atoms with Crippen molar-refractivity contribution in [2.45, 2.75) is 18.9 Å². The van der Waals surface area contributed by atoms with Gasteiger partial charge in [0.05, 0.1) is 29.1 Å². The molecule has 7 heteroatoms. The van der Waals surface area contributed by atoms with E-state index >= 15 is 0 Å². The van der Waals surface area contributed by atoms with Crippen LogP contribution in [0.5, 0.6) is 0 Å². The number of aliphatic hydroxyl groups is 1. The molecule has 4 rings (SSSR count). The number of benzene rings is 1. The molecule has 7 nitrogen and oxygen atoms in total. The van der Waals surface area contributed by atoms with Gasteiger partial charge in [0.1, 0.15) is 17.4 Å². The molecule has 0 amide bonds. The fourth-order valence-electron chi connectivity index (χ4n) is 3.28. The first-order valence-corrected chi connectivity index (χ1v) is 8.00. The van der Waals surface area contributed by atoms with Crippen molar-refractivity contribution in [2.75, 3.05) is 19.7 Å². The summed E-state index contributed by atoms with van der Waals surface area (Å²) in [6.45, 7) is 1.55. The molecule has 2 aliphatic heterocycles. The number of aromatic nitrogens is 2. The average molecular weight is 326 g/mol. The van der Waals surface area contributed by atoms with E-state index in [0.717, 1.165) is 19.4 Å². The van der Waals surface area contributed by atoms with Crippen molar-refractivity contribution in [1.29, 1.82) is 5.41 Å². The van der Waals surface area contributed by atoms with Gasteiger partial charge in [-0.2, -0.15) is 0 Å². The largest absolute Gasteiger partial charge is 0.510 e. The number of para-hydroxylation sites is 1. The van der Waals surface area contributed by atoms with Crippen molar-refractivity contribution in [3.05, 3.63) is 46.2 Å². The maximum atomic E-state index is 12.2. The van der Waals surface area contributed by atoms with Crippen LogP contribution in [0.15, 0.2) is 34.8 Å². The lowest BCUT2D eigenvalue weighted by molar-refractivity contribution is 0.0924. The Balaban J connectivity index is 1.67. The summed E-state index contributed by atoms with van der Waals surface area (Å²) in [7, 11) is 0. The molecule has 124 valence electrons. The smallest absolute Gasteiger partial charge is 0.259 e. The Hall–Kier alpha value is -2.67. The second kappa shape index (κ2) is 5.76. The zero-order valence-electron chi connectivity index (χ0n) is 13.1. The highest BCUT2D eigenvalue weighted by Crippen LogP contribution is 2.26. The molecule has 2 aromatic rings.